The highest BCUT2D eigenvalue weighted by Crippen LogP contribution is 2.22. The van der Waals surface area contributed by atoms with E-state index >= 15 is 0 Å². The van der Waals surface area contributed by atoms with Crippen LogP contribution in [0.2, 0.25) is 0 Å². The number of esters is 1. The maximum Gasteiger partial charge on any atom is 0.325 e. The van der Waals surface area contributed by atoms with E-state index < -0.39 is 12.0 Å². The molecule has 0 aliphatic heterocycles. The number of nitrogens with zero attached hydrogens (tertiary/aromatic N) is 1. The van der Waals surface area contributed by atoms with Gasteiger partial charge in [0, 0.05) is 23.5 Å². The van der Waals surface area contributed by atoms with Gasteiger partial charge in [-0.25, -0.2) is 0 Å². The Hall–Kier alpha value is -2.34. The largest absolute Gasteiger partial charge is 0.480 e. The second-order valence-corrected chi connectivity index (χ2v) is 4.52. The Kier molecular flexibility index (Phi) is 4.05. The predicted octanol–water partition coefficient (Wildman–Crippen LogP) is 0.769. The van der Waals surface area contributed by atoms with E-state index in [2.05, 4.69) is 4.74 Å². The van der Waals surface area contributed by atoms with Gasteiger partial charge in [0.2, 0.25) is 0 Å². The predicted molar refractivity (Wildman–Crippen MR) is 73.3 cm³/mol. The highest BCUT2D eigenvalue weighted by atomic mass is 16.5. The fraction of sp³-hybridized carbons (Fsp3) is 0.286. The number of ether oxygens (including phenoxy) is 1. The zero-order valence-electron chi connectivity index (χ0n) is 11.1. The van der Waals surface area contributed by atoms with Gasteiger partial charge in [-0.3, -0.25) is 9.59 Å². The number of benzene rings is 1. The van der Waals surface area contributed by atoms with Gasteiger partial charge in [0.1, 0.15) is 12.6 Å². The molecule has 1 atom stereocenters. The van der Waals surface area contributed by atoms with Crippen molar-refractivity contribution in [2.24, 2.45) is 5.73 Å². The first kappa shape index (κ1) is 14.1. The minimum absolute atomic E-state index is 0.0827. The Bertz CT molecular complexity index is 648. The Morgan fingerprint density at radius 3 is 2.75 bits per heavy atom. The van der Waals surface area contributed by atoms with Gasteiger partial charge in [-0.2, -0.15) is 0 Å². The van der Waals surface area contributed by atoms with Crippen molar-refractivity contribution in [2.75, 3.05) is 7.11 Å². The van der Waals surface area contributed by atoms with E-state index in [0.717, 1.165) is 16.5 Å². The van der Waals surface area contributed by atoms with Crippen LogP contribution in [0.5, 0.6) is 0 Å². The molecule has 1 aromatic heterocycles. The number of fused-ring (bicyclic) bond motifs is 1. The number of para-hydroxylation sites is 1. The van der Waals surface area contributed by atoms with Gasteiger partial charge in [-0.15, -0.1) is 0 Å². The van der Waals surface area contributed by atoms with Gasteiger partial charge >= 0.3 is 11.9 Å². The van der Waals surface area contributed by atoms with E-state index in [1.807, 2.05) is 24.3 Å². The highest BCUT2D eigenvalue weighted by Gasteiger charge is 2.17. The highest BCUT2D eigenvalue weighted by molar-refractivity contribution is 5.86. The second-order valence-electron chi connectivity index (χ2n) is 4.52. The number of carboxylic acid groups (broad SMARTS) is 1. The van der Waals surface area contributed by atoms with Crippen LogP contribution < -0.4 is 5.73 Å². The van der Waals surface area contributed by atoms with Crippen LogP contribution in [0.4, 0.5) is 0 Å². The third kappa shape index (κ3) is 2.80. The summed E-state index contributed by atoms with van der Waals surface area (Å²) in [6, 6.07) is 6.51. The molecule has 0 saturated carbocycles. The Morgan fingerprint density at radius 1 is 1.40 bits per heavy atom. The van der Waals surface area contributed by atoms with E-state index in [0.29, 0.717) is 0 Å². The molecular weight excluding hydrogens is 260 g/mol. The molecule has 6 heteroatoms. The lowest BCUT2D eigenvalue weighted by atomic mass is 10.1. The molecule has 6 nitrogen and oxygen atoms in total. The van der Waals surface area contributed by atoms with Gasteiger partial charge in [0.15, 0.2) is 0 Å². The van der Waals surface area contributed by atoms with Crippen molar-refractivity contribution >= 4 is 22.8 Å². The lowest BCUT2D eigenvalue weighted by Gasteiger charge is -2.04. The number of nitrogens with two attached hydrogens (primary N) is 1. The van der Waals surface area contributed by atoms with E-state index in [-0.39, 0.29) is 18.9 Å². The van der Waals surface area contributed by atoms with Crippen LogP contribution in [-0.4, -0.2) is 34.8 Å². The summed E-state index contributed by atoms with van der Waals surface area (Å²) in [6.07, 6.45) is 1.97. The second kappa shape index (κ2) is 5.75. The number of aromatic nitrogens is 1. The lowest BCUT2D eigenvalue weighted by molar-refractivity contribution is -0.141. The first-order valence-electron chi connectivity index (χ1n) is 6.15. The maximum absolute atomic E-state index is 11.4. The van der Waals surface area contributed by atoms with Gasteiger partial charge in [-0.1, -0.05) is 18.2 Å². The average molecular weight is 276 g/mol. The van der Waals surface area contributed by atoms with Crippen LogP contribution in [0.15, 0.2) is 30.5 Å². The fourth-order valence-electron chi connectivity index (χ4n) is 2.14. The van der Waals surface area contributed by atoms with Gasteiger partial charge < -0.3 is 20.1 Å². The summed E-state index contributed by atoms with van der Waals surface area (Å²) in [4.78, 5) is 22.3. The number of aliphatic carboxylic acids is 1. The SMILES string of the molecule is COC(=O)Cn1cc(CC(N)C(=O)O)c2ccccc21. The van der Waals surface area contributed by atoms with Crippen LogP contribution in [-0.2, 0) is 27.3 Å². The molecule has 0 fully saturated rings. The van der Waals surface area contributed by atoms with Gasteiger partial charge in [0.25, 0.3) is 0 Å². The minimum atomic E-state index is -1.05. The summed E-state index contributed by atoms with van der Waals surface area (Å²) in [6.45, 7) is 0.0827. The zero-order valence-corrected chi connectivity index (χ0v) is 11.1. The topological polar surface area (TPSA) is 94.5 Å². The van der Waals surface area contributed by atoms with E-state index in [9.17, 15) is 9.59 Å². The molecule has 3 N–H and O–H groups in total. The molecule has 0 radical (unpaired) electrons. The zero-order chi connectivity index (χ0) is 14.7. The number of hydrogen-bond donors (Lipinski definition) is 2. The Labute approximate surface area is 115 Å². The van der Waals surface area contributed by atoms with Gasteiger partial charge in [-0.05, 0) is 11.6 Å². The molecule has 106 valence electrons. The number of carbonyl (C=O) groups excluding carboxylic acids is 1. The smallest absolute Gasteiger partial charge is 0.325 e. The first-order chi connectivity index (χ1) is 9.52. The molecule has 1 aromatic carbocycles. The standard InChI is InChI=1S/C14H16N2O4/c1-20-13(17)8-16-7-9(6-11(15)14(18)19)10-4-2-3-5-12(10)16/h2-5,7,11H,6,8,15H2,1H3,(H,18,19). The van der Waals surface area contributed by atoms with E-state index in [1.54, 1.807) is 10.8 Å². The van der Waals surface area contributed by atoms with Crippen molar-refractivity contribution in [1.29, 1.82) is 0 Å². The number of rotatable bonds is 5. The molecule has 2 aromatic rings. The monoisotopic (exact) mass is 276 g/mol. The molecule has 0 amide bonds. The van der Waals surface area contributed by atoms with Crippen LogP contribution in [0, 0.1) is 0 Å². The summed E-state index contributed by atoms with van der Waals surface area (Å²) in [5, 5.41) is 9.80. The molecule has 1 unspecified atom stereocenters. The van der Waals surface area contributed by atoms with Crippen LogP contribution >= 0.6 is 0 Å². The van der Waals surface area contributed by atoms with Crippen LogP contribution in [0.3, 0.4) is 0 Å². The third-order valence-electron chi connectivity index (χ3n) is 3.16. The summed E-state index contributed by atoms with van der Waals surface area (Å²) in [5.74, 6) is -1.41. The third-order valence-corrected chi connectivity index (χ3v) is 3.16. The van der Waals surface area contributed by atoms with Crippen molar-refractivity contribution < 1.29 is 19.4 Å². The maximum atomic E-state index is 11.4. The summed E-state index contributed by atoms with van der Waals surface area (Å²) in [7, 11) is 1.33. The van der Waals surface area contributed by atoms with E-state index in [4.69, 9.17) is 10.8 Å². The summed E-state index contributed by atoms with van der Waals surface area (Å²) in [5.41, 5.74) is 7.23. The van der Waals surface area contributed by atoms with Crippen molar-refractivity contribution in [3.63, 3.8) is 0 Å². The number of methoxy groups -OCH3 is 1. The molecule has 0 aliphatic carbocycles. The fourth-order valence-corrected chi connectivity index (χ4v) is 2.14. The average Bonchev–Trinajstić information content (AvgIpc) is 2.77. The molecule has 1 heterocycles. The molecule has 0 bridgehead atoms. The molecule has 20 heavy (non-hydrogen) atoms. The normalized spacial score (nSPS) is 12.3. The van der Waals surface area contributed by atoms with Crippen LogP contribution in [0.1, 0.15) is 5.56 Å². The number of carboxylic acids is 1. The van der Waals surface area contributed by atoms with Crippen molar-refractivity contribution in [1.82, 2.24) is 4.57 Å². The quantitative estimate of drug-likeness (QED) is 0.786. The first-order valence-corrected chi connectivity index (χ1v) is 6.15. The van der Waals surface area contributed by atoms with Crippen molar-refractivity contribution in [3.8, 4) is 0 Å². The van der Waals surface area contributed by atoms with Crippen molar-refractivity contribution in [2.45, 2.75) is 19.0 Å². The summed E-state index contributed by atoms with van der Waals surface area (Å²) < 4.78 is 6.39. The van der Waals surface area contributed by atoms with Crippen molar-refractivity contribution in [3.05, 3.63) is 36.0 Å². The summed E-state index contributed by atoms with van der Waals surface area (Å²) >= 11 is 0. The van der Waals surface area contributed by atoms with Crippen LogP contribution in [0.25, 0.3) is 10.9 Å². The number of hydrogen-bond acceptors (Lipinski definition) is 4. The molecule has 0 aliphatic rings. The minimum Gasteiger partial charge on any atom is -0.480 e. The Morgan fingerprint density at radius 2 is 2.10 bits per heavy atom. The number of carbonyl (C=O) groups is 2. The molecule has 0 spiro atoms. The Balaban J connectivity index is 2.40. The van der Waals surface area contributed by atoms with Gasteiger partial charge in [0.05, 0.1) is 7.11 Å². The molecule has 0 saturated heterocycles. The van der Waals surface area contributed by atoms with E-state index in [1.165, 1.54) is 7.11 Å². The molecular formula is C14H16N2O4. The lowest BCUT2D eigenvalue weighted by Crippen LogP contribution is -2.32. The molecule has 2 rings (SSSR count).